The number of carboxylic acids is 1. The number of hydrogen-bond donors (Lipinski definition) is 2. The number of nitro benzene ring substituents is 1. The lowest BCUT2D eigenvalue weighted by molar-refractivity contribution is -0.384. The van der Waals surface area contributed by atoms with Crippen LogP contribution in [0, 0.1) is 10.1 Å². The molecule has 29 heavy (non-hydrogen) atoms. The van der Waals surface area contributed by atoms with E-state index in [0.717, 1.165) is 35.4 Å². The lowest BCUT2D eigenvalue weighted by Gasteiger charge is -2.23. The Balaban J connectivity index is 1.74. The molecule has 0 aliphatic carbocycles. The average molecular weight is 394 g/mol. The molecule has 0 saturated heterocycles. The molecule has 1 heterocycles. The first-order chi connectivity index (χ1) is 14.0. The molecule has 0 spiro atoms. The molecule has 2 N–H and O–H groups in total. The second-order valence-corrected chi connectivity index (χ2v) is 6.72. The van der Waals surface area contributed by atoms with Crippen LogP contribution in [-0.4, -0.2) is 22.6 Å². The van der Waals surface area contributed by atoms with Crippen LogP contribution in [0.3, 0.4) is 0 Å². The molecule has 0 saturated carbocycles. The number of fused-ring (bicyclic) bond motifs is 3. The monoisotopic (exact) mass is 394 g/mol. The van der Waals surface area contributed by atoms with Gasteiger partial charge in [-0.05, 0) is 41.5 Å². The van der Waals surface area contributed by atoms with Gasteiger partial charge in [0.1, 0.15) is 5.75 Å². The topological polar surface area (TPSA) is 111 Å². The zero-order valence-electron chi connectivity index (χ0n) is 15.6. The molecule has 3 aromatic carbocycles. The fourth-order valence-corrected chi connectivity index (χ4v) is 3.20. The van der Waals surface area contributed by atoms with E-state index in [4.69, 9.17) is 9.47 Å². The van der Waals surface area contributed by atoms with Gasteiger partial charge in [-0.2, -0.15) is 0 Å². The minimum absolute atomic E-state index is 0.0961. The molecule has 0 radical (unpaired) electrons. The molecule has 0 aromatic heterocycles. The van der Waals surface area contributed by atoms with Crippen molar-refractivity contribution >= 4 is 33.8 Å². The number of anilines is 2. The van der Waals surface area contributed by atoms with Gasteiger partial charge < -0.3 is 19.9 Å². The second kappa shape index (κ2) is 7.31. The molecule has 0 unspecified atom stereocenters. The lowest BCUT2D eigenvalue weighted by Crippen LogP contribution is -2.10. The Morgan fingerprint density at radius 3 is 2.72 bits per heavy atom. The minimum atomic E-state index is -1.28. The highest BCUT2D eigenvalue weighted by Crippen LogP contribution is 2.47. The smallest absolute Gasteiger partial charge is 0.338 e. The third kappa shape index (κ3) is 3.52. The quantitative estimate of drug-likeness (QED) is 0.253. The number of rotatable bonds is 6. The van der Waals surface area contributed by atoms with Crippen molar-refractivity contribution in [3.63, 3.8) is 0 Å². The third-order valence-electron chi connectivity index (χ3n) is 4.68. The normalized spacial score (nSPS) is 11.8. The van der Waals surface area contributed by atoms with E-state index in [9.17, 15) is 20.0 Å². The second-order valence-electron chi connectivity index (χ2n) is 6.72. The highest BCUT2D eigenvalue weighted by Gasteiger charge is 2.27. The van der Waals surface area contributed by atoms with Crippen LogP contribution >= 0.6 is 0 Å². The van der Waals surface area contributed by atoms with Crippen LogP contribution in [0.1, 0.15) is 30.1 Å². The number of unbranched alkanes of at least 4 members (excludes halogenated alkanes) is 1. The Morgan fingerprint density at radius 1 is 1.17 bits per heavy atom. The SMILES string of the molecule is CCCCOc1ccc2cc3c(cc2c1)Oc1cc([N+](=O)[O-])cc(C(=O)O)c1N3. The molecular weight excluding hydrogens is 376 g/mol. The number of hydrogen-bond acceptors (Lipinski definition) is 6. The van der Waals surface area contributed by atoms with Crippen molar-refractivity contribution in [3.05, 3.63) is 58.1 Å². The van der Waals surface area contributed by atoms with Gasteiger partial charge in [-0.3, -0.25) is 10.1 Å². The van der Waals surface area contributed by atoms with E-state index in [2.05, 4.69) is 12.2 Å². The maximum Gasteiger partial charge on any atom is 0.338 e. The Labute approximate surface area is 165 Å². The molecular formula is C21H18N2O6. The van der Waals surface area contributed by atoms with Crippen LogP contribution in [-0.2, 0) is 0 Å². The van der Waals surface area contributed by atoms with Gasteiger partial charge in [0.05, 0.1) is 34.5 Å². The largest absolute Gasteiger partial charge is 0.494 e. The van der Waals surface area contributed by atoms with Crippen LogP contribution in [0.2, 0.25) is 0 Å². The van der Waals surface area contributed by atoms with Crippen LogP contribution < -0.4 is 14.8 Å². The van der Waals surface area contributed by atoms with E-state index in [0.29, 0.717) is 18.0 Å². The number of nitrogens with zero attached hydrogens (tertiary/aromatic N) is 1. The number of aromatic carboxylic acids is 1. The molecule has 4 rings (SSSR count). The van der Waals surface area contributed by atoms with Crippen molar-refractivity contribution in [1.82, 2.24) is 0 Å². The van der Waals surface area contributed by atoms with Gasteiger partial charge in [-0.1, -0.05) is 19.4 Å². The van der Waals surface area contributed by atoms with Gasteiger partial charge in [0.15, 0.2) is 11.5 Å². The maximum atomic E-state index is 11.6. The van der Waals surface area contributed by atoms with E-state index in [-0.39, 0.29) is 22.7 Å². The van der Waals surface area contributed by atoms with E-state index in [1.54, 1.807) is 6.07 Å². The zero-order chi connectivity index (χ0) is 20.5. The molecule has 0 fully saturated rings. The van der Waals surface area contributed by atoms with Gasteiger partial charge in [-0.15, -0.1) is 0 Å². The molecule has 0 amide bonds. The van der Waals surface area contributed by atoms with E-state index in [1.165, 1.54) is 6.07 Å². The first-order valence-corrected chi connectivity index (χ1v) is 9.17. The van der Waals surface area contributed by atoms with Gasteiger partial charge >= 0.3 is 5.97 Å². The summed E-state index contributed by atoms with van der Waals surface area (Å²) in [7, 11) is 0. The third-order valence-corrected chi connectivity index (χ3v) is 4.68. The number of ether oxygens (including phenoxy) is 2. The first kappa shape index (κ1) is 18.5. The number of nitrogens with one attached hydrogen (secondary N) is 1. The van der Waals surface area contributed by atoms with Gasteiger partial charge in [-0.25, -0.2) is 4.79 Å². The van der Waals surface area contributed by atoms with E-state index >= 15 is 0 Å². The van der Waals surface area contributed by atoms with Crippen molar-refractivity contribution < 1.29 is 24.3 Å². The summed E-state index contributed by atoms with van der Waals surface area (Å²) in [6.07, 6.45) is 2.02. The highest BCUT2D eigenvalue weighted by atomic mass is 16.6. The van der Waals surface area contributed by atoms with Crippen molar-refractivity contribution in [2.24, 2.45) is 0 Å². The predicted molar refractivity (Wildman–Crippen MR) is 108 cm³/mol. The van der Waals surface area contributed by atoms with Crippen molar-refractivity contribution in [2.75, 3.05) is 11.9 Å². The Hall–Kier alpha value is -3.81. The molecule has 1 aliphatic rings. The van der Waals surface area contributed by atoms with E-state index in [1.807, 2.05) is 24.3 Å². The van der Waals surface area contributed by atoms with Crippen molar-refractivity contribution in [3.8, 4) is 17.2 Å². The summed E-state index contributed by atoms with van der Waals surface area (Å²) in [5.41, 5.74) is 0.203. The summed E-state index contributed by atoms with van der Waals surface area (Å²) in [5, 5.41) is 25.5. The molecule has 8 heteroatoms. The standard InChI is InChI=1S/C21H18N2O6/c1-2-3-6-28-15-5-4-12-8-17-18(9-13(12)7-15)29-19-11-14(23(26)27)10-16(21(24)25)20(19)22-17/h4-5,7-11,22H,2-3,6H2,1H3,(H,24,25). The number of non-ortho nitro benzene ring substituents is 1. The molecule has 3 aromatic rings. The summed E-state index contributed by atoms with van der Waals surface area (Å²) >= 11 is 0. The number of nitro groups is 1. The van der Waals surface area contributed by atoms with Gasteiger partial charge in [0.25, 0.3) is 5.69 Å². The summed E-state index contributed by atoms with van der Waals surface area (Å²) in [6, 6.07) is 11.6. The molecule has 0 atom stereocenters. The van der Waals surface area contributed by atoms with Crippen molar-refractivity contribution in [2.45, 2.75) is 19.8 Å². The number of carbonyl (C=O) groups is 1. The molecule has 148 valence electrons. The summed E-state index contributed by atoms with van der Waals surface area (Å²) in [5.74, 6) is 0.0179. The first-order valence-electron chi connectivity index (χ1n) is 9.17. The van der Waals surface area contributed by atoms with E-state index < -0.39 is 10.9 Å². The predicted octanol–water partition coefficient (Wildman–Crippen LogP) is 5.47. The van der Waals surface area contributed by atoms with Crippen LogP contribution in [0.5, 0.6) is 17.2 Å². The number of benzene rings is 3. The summed E-state index contributed by atoms with van der Waals surface area (Å²) < 4.78 is 11.6. The lowest BCUT2D eigenvalue weighted by atomic mass is 10.1. The Kier molecular flexibility index (Phi) is 4.67. The summed E-state index contributed by atoms with van der Waals surface area (Å²) in [6.45, 7) is 2.73. The minimum Gasteiger partial charge on any atom is -0.494 e. The Morgan fingerprint density at radius 2 is 2.00 bits per heavy atom. The van der Waals surface area contributed by atoms with Gasteiger partial charge in [0.2, 0.25) is 0 Å². The Bertz CT molecular complexity index is 1140. The molecule has 1 aliphatic heterocycles. The molecule has 8 nitrogen and oxygen atoms in total. The molecule has 0 bridgehead atoms. The fraction of sp³-hybridized carbons (Fsp3) is 0.190. The van der Waals surface area contributed by atoms with Crippen LogP contribution in [0.15, 0.2) is 42.5 Å². The average Bonchev–Trinajstić information content (AvgIpc) is 2.69. The highest BCUT2D eigenvalue weighted by molar-refractivity contribution is 6.00. The van der Waals surface area contributed by atoms with Gasteiger partial charge in [0, 0.05) is 6.07 Å². The zero-order valence-corrected chi connectivity index (χ0v) is 15.6. The van der Waals surface area contributed by atoms with Crippen molar-refractivity contribution in [1.29, 1.82) is 0 Å². The number of carboxylic acid groups (broad SMARTS) is 1. The maximum absolute atomic E-state index is 11.6. The fourth-order valence-electron chi connectivity index (χ4n) is 3.20. The van der Waals surface area contributed by atoms with Crippen LogP contribution in [0.4, 0.5) is 17.1 Å². The van der Waals surface area contributed by atoms with Crippen LogP contribution in [0.25, 0.3) is 10.8 Å². The summed E-state index contributed by atoms with van der Waals surface area (Å²) in [4.78, 5) is 22.1.